The van der Waals surface area contributed by atoms with Crippen molar-refractivity contribution in [3.8, 4) is 11.4 Å². The van der Waals surface area contributed by atoms with Crippen LogP contribution in [0, 0.1) is 0 Å². The summed E-state index contributed by atoms with van der Waals surface area (Å²) < 4.78 is 2.00. The second-order valence-electron chi connectivity index (χ2n) is 7.86. The van der Waals surface area contributed by atoms with E-state index in [4.69, 9.17) is 0 Å². The first kappa shape index (κ1) is 20.1. The third-order valence-corrected chi connectivity index (χ3v) is 5.58. The minimum atomic E-state index is -0.0828. The molecule has 0 atom stereocenters. The van der Waals surface area contributed by atoms with E-state index in [2.05, 4.69) is 60.6 Å². The number of nitrogens with one attached hydrogen (secondary N) is 1. The largest absolute Gasteiger partial charge is 0.326 e. The van der Waals surface area contributed by atoms with Gasteiger partial charge in [0.05, 0.1) is 0 Å². The molecule has 0 radical (unpaired) electrons. The lowest BCUT2D eigenvalue weighted by Gasteiger charge is -2.19. The highest BCUT2D eigenvalue weighted by Gasteiger charge is 2.14. The van der Waals surface area contributed by atoms with Gasteiger partial charge in [-0.2, -0.15) is 0 Å². The van der Waals surface area contributed by atoms with E-state index in [-0.39, 0.29) is 11.3 Å². The molecule has 0 aliphatic rings. The average Bonchev–Trinajstić information content (AvgIpc) is 3.00. The Hall–Kier alpha value is -2.60. The van der Waals surface area contributed by atoms with Crippen molar-refractivity contribution in [1.29, 1.82) is 0 Å². The number of rotatable bonds is 5. The van der Waals surface area contributed by atoms with Crippen molar-refractivity contribution in [3.63, 3.8) is 0 Å². The minimum Gasteiger partial charge on any atom is -0.326 e. The highest BCUT2D eigenvalue weighted by Crippen LogP contribution is 2.27. The van der Waals surface area contributed by atoms with Crippen LogP contribution in [-0.2, 0) is 23.0 Å². The van der Waals surface area contributed by atoms with Crippen LogP contribution in [0.3, 0.4) is 0 Å². The van der Waals surface area contributed by atoms with Crippen molar-refractivity contribution in [2.75, 3.05) is 5.32 Å². The van der Waals surface area contributed by atoms with Crippen molar-refractivity contribution in [3.05, 3.63) is 59.7 Å². The normalized spacial score (nSPS) is 11.5. The SMILES string of the molecule is CC(=O)Nc1ccc(-c2nnc(SCc3ccc(C(C)(C)C)cc3)n2C)cc1. The monoisotopic (exact) mass is 394 g/mol. The Morgan fingerprint density at radius 2 is 1.68 bits per heavy atom. The zero-order chi connectivity index (χ0) is 20.3. The minimum absolute atomic E-state index is 0.0828. The van der Waals surface area contributed by atoms with E-state index in [1.807, 2.05) is 35.9 Å². The molecule has 1 heterocycles. The predicted molar refractivity (Wildman–Crippen MR) is 115 cm³/mol. The van der Waals surface area contributed by atoms with Crippen LogP contribution in [-0.4, -0.2) is 20.7 Å². The van der Waals surface area contributed by atoms with Crippen LogP contribution in [0.5, 0.6) is 0 Å². The molecule has 3 aromatic rings. The molecule has 5 nitrogen and oxygen atoms in total. The number of hydrogen-bond donors (Lipinski definition) is 1. The molecule has 0 unspecified atom stereocenters. The fourth-order valence-electron chi connectivity index (χ4n) is 2.85. The molecule has 0 saturated carbocycles. The second kappa shape index (κ2) is 8.19. The number of carbonyl (C=O) groups is 1. The van der Waals surface area contributed by atoms with Crippen LogP contribution < -0.4 is 5.32 Å². The predicted octanol–water partition coefficient (Wildman–Crippen LogP) is 5.03. The molecule has 6 heteroatoms. The maximum atomic E-state index is 11.1. The van der Waals surface area contributed by atoms with Gasteiger partial charge in [-0.3, -0.25) is 4.79 Å². The molecular weight excluding hydrogens is 368 g/mol. The summed E-state index contributed by atoms with van der Waals surface area (Å²) in [4.78, 5) is 11.1. The summed E-state index contributed by atoms with van der Waals surface area (Å²) in [6.07, 6.45) is 0. The number of carbonyl (C=O) groups excluding carboxylic acids is 1. The molecule has 1 aromatic heterocycles. The van der Waals surface area contributed by atoms with E-state index >= 15 is 0 Å². The number of amides is 1. The molecule has 1 N–H and O–H groups in total. The van der Waals surface area contributed by atoms with Gasteiger partial charge in [-0.15, -0.1) is 10.2 Å². The van der Waals surface area contributed by atoms with Gasteiger partial charge < -0.3 is 9.88 Å². The van der Waals surface area contributed by atoms with Gasteiger partial charge >= 0.3 is 0 Å². The highest BCUT2D eigenvalue weighted by molar-refractivity contribution is 7.98. The molecule has 1 amide bonds. The third kappa shape index (κ3) is 4.81. The lowest BCUT2D eigenvalue weighted by atomic mass is 9.87. The highest BCUT2D eigenvalue weighted by atomic mass is 32.2. The molecule has 0 bridgehead atoms. The maximum absolute atomic E-state index is 11.1. The van der Waals surface area contributed by atoms with Gasteiger partial charge in [0.15, 0.2) is 11.0 Å². The molecule has 3 rings (SSSR count). The Balaban J connectivity index is 1.68. The molecule has 0 saturated heterocycles. The quantitative estimate of drug-likeness (QED) is 0.617. The molecule has 0 fully saturated rings. The van der Waals surface area contributed by atoms with Crippen LogP contribution in [0.4, 0.5) is 5.69 Å². The van der Waals surface area contributed by atoms with Crippen LogP contribution in [0.25, 0.3) is 11.4 Å². The van der Waals surface area contributed by atoms with Gasteiger partial charge in [0, 0.05) is 31.0 Å². The van der Waals surface area contributed by atoms with E-state index in [1.54, 1.807) is 11.8 Å². The first-order valence-electron chi connectivity index (χ1n) is 9.23. The average molecular weight is 395 g/mol. The number of anilines is 1. The van der Waals surface area contributed by atoms with E-state index in [1.165, 1.54) is 18.1 Å². The molecule has 0 aliphatic heterocycles. The number of thioether (sulfide) groups is 1. The Labute approximate surface area is 170 Å². The summed E-state index contributed by atoms with van der Waals surface area (Å²) >= 11 is 1.67. The summed E-state index contributed by atoms with van der Waals surface area (Å²) in [5.74, 6) is 1.57. The lowest BCUT2D eigenvalue weighted by Crippen LogP contribution is -2.10. The number of aromatic nitrogens is 3. The summed E-state index contributed by atoms with van der Waals surface area (Å²) in [6.45, 7) is 8.17. The fourth-order valence-corrected chi connectivity index (χ4v) is 3.71. The van der Waals surface area contributed by atoms with E-state index in [9.17, 15) is 4.79 Å². The maximum Gasteiger partial charge on any atom is 0.221 e. The van der Waals surface area contributed by atoms with Crippen LogP contribution in [0.2, 0.25) is 0 Å². The van der Waals surface area contributed by atoms with Crippen LogP contribution >= 0.6 is 11.8 Å². The van der Waals surface area contributed by atoms with Crippen molar-refractivity contribution in [2.24, 2.45) is 7.05 Å². The standard InChI is InChI=1S/C22H26N4OS/c1-15(27)23-19-12-8-17(9-13-19)20-24-25-21(26(20)5)28-14-16-6-10-18(11-7-16)22(2,3)4/h6-13H,14H2,1-5H3,(H,23,27). The van der Waals surface area contributed by atoms with E-state index in [0.29, 0.717) is 0 Å². The van der Waals surface area contributed by atoms with Crippen molar-refractivity contribution in [2.45, 2.75) is 44.0 Å². The first-order valence-corrected chi connectivity index (χ1v) is 10.2. The number of nitrogens with zero attached hydrogens (tertiary/aromatic N) is 3. The Bertz CT molecular complexity index is 954. The Kier molecular flexibility index (Phi) is 5.89. The molecule has 2 aromatic carbocycles. The van der Waals surface area contributed by atoms with Crippen LogP contribution in [0.1, 0.15) is 38.8 Å². The van der Waals surface area contributed by atoms with Gasteiger partial charge in [0.25, 0.3) is 0 Å². The Morgan fingerprint density at radius 3 is 2.25 bits per heavy atom. The summed E-state index contributed by atoms with van der Waals surface area (Å²) in [5.41, 5.74) is 4.50. The van der Waals surface area contributed by atoms with Gasteiger partial charge in [-0.05, 0) is 40.8 Å². The van der Waals surface area contributed by atoms with Crippen molar-refractivity contribution in [1.82, 2.24) is 14.8 Å². The van der Waals surface area contributed by atoms with Gasteiger partial charge in [-0.25, -0.2) is 0 Å². The van der Waals surface area contributed by atoms with Crippen LogP contribution in [0.15, 0.2) is 53.7 Å². The molecule has 0 spiro atoms. The molecule has 0 aliphatic carbocycles. The van der Waals surface area contributed by atoms with E-state index < -0.39 is 0 Å². The third-order valence-electron chi connectivity index (χ3n) is 4.49. The zero-order valence-electron chi connectivity index (χ0n) is 17.0. The van der Waals surface area contributed by atoms with Gasteiger partial charge in [0.2, 0.25) is 5.91 Å². The fraction of sp³-hybridized carbons (Fsp3) is 0.318. The van der Waals surface area contributed by atoms with Gasteiger partial charge in [-0.1, -0.05) is 56.8 Å². The van der Waals surface area contributed by atoms with E-state index in [0.717, 1.165) is 28.0 Å². The van der Waals surface area contributed by atoms with Crippen molar-refractivity contribution >= 4 is 23.4 Å². The number of benzene rings is 2. The first-order chi connectivity index (χ1) is 13.2. The van der Waals surface area contributed by atoms with Crippen molar-refractivity contribution < 1.29 is 4.79 Å². The topological polar surface area (TPSA) is 59.8 Å². The lowest BCUT2D eigenvalue weighted by molar-refractivity contribution is -0.114. The summed E-state index contributed by atoms with van der Waals surface area (Å²) in [7, 11) is 1.97. The van der Waals surface area contributed by atoms with Gasteiger partial charge in [0.1, 0.15) is 0 Å². The number of hydrogen-bond acceptors (Lipinski definition) is 4. The molecule has 28 heavy (non-hydrogen) atoms. The Morgan fingerprint density at radius 1 is 1.04 bits per heavy atom. The zero-order valence-corrected chi connectivity index (χ0v) is 17.8. The smallest absolute Gasteiger partial charge is 0.221 e. The second-order valence-corrected chi connectivity index (χ2v) is 8.80. The molecule has 146 valence electrons. The summed E-state index contributed by atoms with van der Waals surface area (Å²) in [5, 5.41) is 12.3. The summed E-state index contributed by atoms with van der Waals surface area (Å²) in [6, 6.07) is 16.4. The molecular formula is C22H26N4OS.